The lowest BCUT2D eigenvalue weighted by atomic mass is 9.99. The Bertz CT molecular complexity index is 414. The number of nitrogens with one attached hydrogen (secondary N) is 1. The Morgan fingerprint density at radius 2 is 2.12 bits per heavy atom. The molecule has 1 N–H and O–H groups in total. The van der Waals surface area contributed by atoms with Crippen molar-refractivity contribution in [3.8, 4) is 0 Å². The quantitative estimate of drug-likeness (QED) is 0.911. The first kappa shape index (κ1) is 12.6. The topological polar surface area (TPSA) is 38.3 Å². The first-order valence-electron chi connectivity index (χ1n) is 5.81. The molecule has 0 radical (unpaired) electrons. The van der Waals surface area contributed by atoms with Crippen LogP contribution in [0.5, 0.6) is 0 Å². The Labute approximate surface area is 110 Å². The lowest BCUT2D eigenvalue weighted by Gasteiger charge is -2.21. The molecule has 0 spiro atoms. The van der Waals surface area contributed by atoms with Gasteiger partial charge in [-0.3, -0.25) is 4.79 Å². The highest BCUT2D eigenvalue weighted by Crippen LogP contribution is 2.22. The fourth-order valence-corrected chi connectivity index (χ4v) is 2.44. The van der Waals surface area contributed by atoms with E-state index in [1.54, 1.807) is 0 Å². The number of hydrogen-bond donors (Lipinski definition) is 1. The van der Waals surface area contributed by atoms with Crippen LogP contribution in [-0.2, 0) is 9.53 Å². The van der Waals surface area contributed by atoms with E-state index in [1.165, 1.54) is 0 Å². The van der Waals surface area contributed by atoms with Gasteiger partial charge in [-0.15, -0.1) is 0 Å². The van der Waals surface area contributed by atoms with E-state index in [9.17, 15) is 4.79 Å². The predicted molar refractivity (Wildman–Crippen MR) is 71.1 cm³/mol. The highest BCUT2D eigenvalue weighted by atomic mass is 79.9. The fourth-order valence-electron chi connectivity index (χ4n) is 1.96. The average molecular weight is 298 g/mol. The summed E-state index contributed by atoms with van der Waals surface area (Å²) in [7, 11) is 0. The van der Waals surface area contributed by atoms with Crippen LogP contribution < -0.4 is 5.32 Å². The molecule has 1 aliphatic heterocycles. The van der Waals surface area contributed by atoms with Crippen LogP contribution in [0.3, 0.4) is 0 Å². The summed E-state index contributed by atoms with van der Waals surface area (Å²) in [5.41, 5.74) is 1.96. The van der Waals surface area contributed by atoms with Crippen LogP contribution in [0, 0.1) is 12.8 Å². The van der Waals surface area contributed by atoms with Gasteiger partial charge in [-0.25, -0.2) is 0 Å². The van der Waals surface area contributed by atoms with Crippen molar-refractivity contribution in [2.45, 2.75) is 19.8 Å². The third-order valence-corrected chi connectivity index (χ3v) is 3.53. The molecule has 0 aliphatic carbocycles. The maximum atomic E-state index is 12.0. The predicted octanol–water partition coefficient (Wildman–Crippen LogP) is 3.12. The largest absolute Gasteiger partial charge is 0.381 e. The van der Waals surface area contributed by atoms with Gasteiger partial charge in [0.15, 0.2) is 0 Å². The van der Waals surface area contributed by atoms with Crippen molar-refractivity contribution in [1.82, 2.24) is 0 Å². The van der Waals surface area contributed by atoms with Gasteiger partial charge in [0.1, 0.15) is 0 Å². The Kier molecular flexibility index (Phi) is 4.18. The first-order chi connectivity index (χ1) is 8.16. The van der Waals surface area contributed by atoms with Gasteiger partial charge < -0.3 is 10.1 Å². The minimum Gasteiger partial charge on any atom is -0.381 e. The molecule has 2 rings (SSSR count). The number of amides is 1. The Balaban J connectivity index is 2.02. The second-order valence-corrected chi connectivity index (χ2v) is 5.25. The summed E-state index contributed by atoms with van der Waals surface area (Å²) >= 11 is 3.41. The molecule has 3 nitrogen and oxygen atoms in total. The number of rotatable bonds is 2. The van der Waals surface area contributed by atoms with Gasteiger partial charge in [-0.05, 0) is 43.5 Å². The van der Waals surface area contributed by atoms with Gasteiger partial charge in [0.2, 0.25) is 5.91 Å². The van der Waals surface area contributed by atoms with Crippen LogP contribution in [0.2, 0.25) is 0 Å². The van der Waals surface area contributed by atoms with E-state index >= 15 is 0 Å². The van der Waals surface area contributed by atoms with Gasteiger partial charge in [-0.1, -0.05) is 15.9 Å². The zero-order valence-corrected chi connectivity index (χ0v) is 11.4. The minimum atomic E-state index is 0.0896. The number of halogens is 1. The van der Waals surface area contributed by atoms with Gasteiger partial charge in [0.05, 0.1) is 0 Å². The molecule has 1 aromatic carbocycles. The van der Waals surface area contributed by atoms with Crippen molar-refractivity contribution in [1.29, 1.82) is 0 Å². The fraction of sp³-hybridized carbons (Fsp3) is 0.462. The number of aryl methyl sites for hydroxylation is 1. The summed E-state index contributed by atoms with van der Waals surface area (Å²) in [4.78, 5) is 12.0. The van der Waals surface area contributed by atoms with E-state index in [0.717, 1.165) is 28.6 Å². The molecule has 92 valence electrons. The van der Waals surface area contributed by atoms with Crippen LogP contribution in [-0.4, -0.2) is 19.1 Å². The Morgan fingerprint density at radius 3 is 2.76 bits per heavy atom. The number of carbonyl (C=O) groups is 1. The van der Waals surface area contributed by atoms with Crippen LogP contribution in [0.4, 0.5) is 5.69 Å². The zero-order chi connectivity index (χ0) is 12.3. The van der Waals surface area contributed by atoms with Crippen molar-refractivity contribution in [3.05, 3.63) is 28.2 Å². The highest BCUT2D eigenvalue weighted by molar-refractivity contribution is 9.10. The monoisotopic (exact) mass is 297 g/mol. The second-order valence-electron chi connectivity index (χ2n) is 4.34. The van der Waals surface area contributed by atoms with E-state index in [2.05, 4.69) is 21.2 Å². The molecule has 1 amide bonds. The standard InChI is InChI=1S/C13H16BrNO2/c1-9-8-11(14)2-3-12(9)15-13(16)10-4-6-17-7-5-10/h2-3,8,10H,4-7H2,1H3,(H,15,16). The van der Waals surface area contributed by atoms with Crippen molar-refractivity contribution < 1.29 is 9.53 Å². The average Bonchev–Trinajstić information content (AvgIpc) is 2.34. The number of hydrogen-bond acceptors (Lipinski definition) is 2. The maximum Gasteiger partial charge on any atom is 0.227 e. The molecular weight excluding hydrogens is 282 g/mol. The van der Waals surface area contributed by atoms with Gasteiger partial charge in [-0.2, -0.15) is 0 Å². The molecule has 0 aromatic heterocycles. The van der Waals surface area contributed by atoms with E-state index in [0.29, 0.717) is 13.2 Å². The highest BCUT2D eigenvalue weighted by Gasteiger charge is 2.21. The molecule has 1 saturated heterocycles. The zero-order valence-electron chi connectivity index (χ0n) is 9.83. The molecule has 0 atom stereocenters. The number of carbonyl (C=O) groups excluding carboxylic acids is 1. The SMILES string of the molecule is Cc1cc(Br)ccc1NC(=O)C1CCOCC1. The van der Waals surface area contributed by atoms with E-state index in [-0.39, 0.29) is 11.8 Å². The van der Waals surface area contributed by atoms with Crippen molar-refractivity contribution in [2.24, 2.45) is 5.92 Å². The van der Waals surface area contributed by atoms with E-state index in [4.69, 9.17) is 4.74 Å². The molecule has 1 aromatic rings. The summed E-state index contributed by atoms with van der Waals surface area (Å²) in [5, 5.41) is 2.99. The Morgan fingerprint density at radius 1 is 1.41 bits per heavy atom. The third kappa shape index (κ3) is 3.30. The van der Waals surface area contributed by atoms with Crippen LogP contribution in [0.15, 0.2) is 22.7 Å². The molecule has 4 heteroatoms. The second kappa shape index (κ2) is 5.65. The molecule has 17 heavy (non-hydrogen) atoms. The third-order valence-electron chi connectivity index (χ3n) is 3.04. The summed E-state index contributed by atoms with van der Waals surface area (Å²) in [6, 6.07) is 5.86. The summed E-state index contributed by atoms with van der Waals surface area (Å²) in [6.45, 7) is 3.37. The Hall–Kier alpha value is -0.870. The molecule has 0 bridgehead atoms. The van der Waals surface area contributed by atoms with Crippen LogP contribution >= 0.6 is 15.9 Å². The minimum absolute atomic E-state index is 0.0896. The maximum absolute atomic E-state index is 12.0. The van der Waals surface area contributed by atoms with E-state index in [1.807, 2.05) is 25.1 Å². The van der Waals surface area contributed by atoms with Crippen LogP contribution in [0.25, 0.3) is 0 Å². The molecule has 1 heterocycles. The molecule has 1 fully saturated rings. The van der Waals surface area contributed by atoms with Gasteiger partial charge >= 0.3 is 0 Å². The first-order valence-corrected chi connectivity index (χ1v) is 6.61. The molecule has 1 aliphatic rings. The van der Waals surface area contributed by atoms with Crippen LogP contribution in [0.1, 0.15) is 18.4 Å². The summed E-state index contributed by atoms with van der Waals surface area (Å²) in [5.74, 6) is 0.200. The lowest BCUT2D eigenvalue weighted by molar-refractivity contribution is -0.122. The summed E-state index contributed by atoms with van der Waals surface area (Å²) < 4.78 is 6.28. The number of ether oxygens (including phenoxy) is 1. The molecular formula is C13H16BrNO2. The smallest absolute Gasteiger partial charge is 0.227 e. The molecule has 0 unspecified atom stereocenters. The summed E-state index contributed by atoms with van der Waals surface area (Å²) in [6.07, 6.45) is 1.64. The van der Waals surface area contributed by atoms with Crippen molar-refractivity contribution in [2.75, 3.05) is 18.5 Å². The van der Waals surface area contributed by atoms with Gasteiger partial charge in [0.25, 0.3) is 0 Å². The molecule has 0 saturated carbocycles. The van der Waals surface area contributed by atoms with Gasteiger partial charge in [0, 0.05) is 29.3 Å². The van der Waals surface area contributed by atoms with E-state index < -0.39 is 0 Å². The number of anilines is 1. The van der Waals surface area contributed by atoms with Crippen molar-refractivity contribution in [3.63, 3.8) is 0 Å². The normalized spacial score (nSPS) is 16.8. The number of benzene rings is 1. The lowest BCUT2D eigenvalue weighted by Crippen LogP contribution is -2.28. The van der Waals surface area contributed by atoms with Crippen molar-refractivity contribution >= 4 is 27.5 Å².